The van der Waals surface area contributed by atoms with E-state index in [1.54, 1.807) is 12.1 Å². The van der Waals surface area contributed by atoms with Gasteiger partial charge < -0.3 is 14.1 Å². The average molecular weight is 427 g/mol. The predicted octanol–water partition coefficient (Wildman–Crippen LogP) is 4.66. The Labute approximate surface area is 187 Å². The molecule has 5 heteroatoms. The van der Waals surface area contributed by atoms with Crippen LogP contribution in [0.25, 0.3) is 22.1 Å². The third kappa shape index (κ3) is 4.39. The van der Waals surface area contributed by atoms with Gasteiger partial charge in [-0.3, -0.25) is 9.69 Å². The molecule has 0 bridgehead atoms. The smallest absolute Gasteiger partial charge is 0.200 e. The highest BCUT2D eigenvalue weighted by molar-refractivity contribution is 5.82. The Kier molecular flexibility index (Phi) is 5.90. The zero-order valence-electron chi connectivity index (χ0n) is 17.9. The van der Waals surface area contributed by atoms with Gasteiger partial charge in [-0.15, -0.1) is 0 Å². The molecular weight excluding hydrogens is 400 g/mol. The number of hydrogen-bond acceptors (Lipinski definition) is 5. The Bertz CT molecular complexity index is 1230. The van der Waals surface area contributed by atoms with Crippen molar-refractivity contribution in [3.05, 3.63) is 95.3 Å². The van der Waals surface area contributed by atoms with E-state index in [9.17, 15) is 4.79 Å². The van der Waals surface area contributed by atoms with Crippen LogP contribution < -0.4 is 15.1 Å². The summed E-state index contributed by atoms with van der Waals surface area (Å²) in [6.45, 7) is 5.56. The maximum atomic E-state index is 12.9. The van der Waals surface area contributed by atoms with E-state index in [0.29, 0.717) is 23.1 Å². The number of rotatable bonds is 6. The molecule has 1 saturated heterocycles. The summed E-state index contributed by atoms with van der Waals surface area (Å²) in [7, 11) is 0. The SMILES string of the molecule is O=c1c(-c2ccccc2)coc2cc(OCCN3CCN(c4ccccc4)CC3)ccc12. The van der Waals surface area contributed by atoms with Gasteiger partial charge in [-0.2, -0.15) is 0 Å². The topological polar surface area (TPSA) is 45.9 Å². The largest absolute Gasteiger partial charge is 0.492 e. The minimum absolute atomic E-state index is 0.0275. The molecule has 0 atom stereocenters. The summed E-state index contributed by atoms with van der Waals surface area (Å²) >= 11 is 0. The van der Waals surface area contributed by atoms with Crippen molar-refractivity contribution in [3.63, 3.8) is 0 Å². The van der Waals surface area contributed by atoms with Crippen LogP contribution in [0.5, 0.6) is 5.75 Å². The molecule has 3 aromatic carbocycles. The molecule has 4 aromatic rings. The maximum absolute atomic E-state index is 12.9. The number of benzene rings is 3. The zero-order chi connectivity index (χ0) is 21.8. The number of anilines is 1. The fourth-order valence-electron chi connectivity index (χ4n) is 4.18. The van der Waals surface area contributed by atoms with Crippen LogP contribution in [0.3, 0.4) is 0 Å². The molecule has 1 aliphatic rings. The number of ether oxygens (including phenoxy) is 1. The summed E-state index contributed by atoms with van der Waals surface area (Å²) in [6, 6.07) is 25.6. The molecule has 2 heterocycles. The van der Waals surface area contributed by atoms with Crippen LogP contribution >= 0.6 is 0 Å². The van der Waals surface area contributed by atoms with E-state index in [-0.39, 0.29) is 5.43 Å². The number of para-hydroxylation sites is 1. The van der Waals surface area contributed by atoms with Crippen molar-refractivity contribution in [1.29, 1.82) is 0 Å². The lowest BCUT2D eigenvalue weighted by Crippen LogP contribution is -2.47. The monoisotopic (exact) mass is 426 g/mol. The highest BCUT2D eigenvalue weighted by atomic mass is 16.5. The first-order chi connectivity index (χ1) is 15.8. The third-order valence-electron chi connectivity index (χ3n) is 6.00. The minimum Gasteiger partial charge on any atom is -0.492 e. The first kappa shape index (κ1) is 20.3. The Hall–Kier alpha value is -3.57. The number of nitrogens with zero attached hydrogens (tertiary/aromatic N) is 2. The molecule has 0 aliphatic carbocycles. The van der Waals surface area contributed by atoms with Gasteiger partial charge in [0.2, 0.25) is 0 Å². The normalized spacial score (nSPS) is 14.6. The molecule has 1 aliphatic heterocycles. The maximum Gasteiger partial charge on any atom is 0.200 e. The molecule has 0 saturated carbocycles. The summed E-state index contributed by atoms with van der Waals surface area (Å²) in [5, 5.41) is 0.565. The second-order valence-corrected chi connectivity index (χ2v) is 8.02. The lowest BCUT2D eigenvalue weighted by Gasteiger charge is -2.36. The zero-order valence-corrected chi connectivity index (χ0v) is 17.9. The Balaban J connectivity index is 1.18. The molecule has 32 heavy (non-hydrogen) atoms. The fourth-order valence-corrected chi connectivity index (χ4v) is 4.18. The second-order valence-electron chi connectivity index (χ2n) is 8.02. The van der Waals surface area contributed by atoms with Gasteiger partial charge in [0.1, 0.15) is 24.2 Å². The van der Waals surface area contributed by atoms with E-state index in [2.05, 4.69) is 40.1 Å². The molecule has 0 amide bonds. The Morgan fingerprint density at radius 2 is 1.56 bits per heavy atom. The van der Waals surface area contributed by atoms with Crippen LogP contribution in [-0.2, 0) is 0 Å². The van der Waals surface area contributed by atoms with Crippen LogP contribution in [-0.4, -0.2) is 44.2 Å². The lowest BCUT2D eigenvalue weighted by molar-refractivity contribution is 0.200. The van der Waals surface area contributed by atoms with Gasteiger partial charge in [0.15, 0.2) is 5.43 Å². The van der Waals surface area contributed by atoms with Crippen LogP contribution in [0.2, 0.25) is 0 Å². The molecule has 1 fully saturated rings. The van der Waals surface area contributed by atoms with Crippen molar-refractivity contribution in [2.75, 3.05) is 44.2 Å². The molecule has 0 radical (unpaired) electrons. The number of piperazine rings is 1. The van der Waals surface area contributed by atoms with E-state index < -0.39 is 0 Å². The van der Waals surface area contributed by atoms with Crippen molar-refractivity contribution < 1.29 is 9.15 Å². The highest BCUT2D eigenvalue weighted by Crippen LogP contribution is 2.23. The standard InChI is InChI=1S/C27H26N2O3/c30-27-24-12-11-23(19-26(24)32-20-25(27)21-7-3-1-4-8-21)31-18-17-28-13-15-29(16-14-28)22-9-5-2-6-10-22/h1-12,19-20H,13-18H2. The van der Waals surface area contributed by atoms with Gasteiger partial charge in [0.25, 0.3) is 0 Å². The summed E-state index contributed by atoms with van der Waals surface area (Å²) < 4.78 is 11.7. The van der Waals surface area contributed by atoms with E-state index in [4.69, 9.17) is 9.15 Å². The van der Waals surface area contributed by atoms with Gasteiger partial charge in [-0.1, -0.05) is 48.5 Å². The highest BCUT2D eigenvalue weighted by Gasteiger charge is 2.17. The molecule has 0 spiro atoms. The van der Waals surface area contributed by atoms with Gasteiger partial charge in [-0.05, 0) is 29.8 Å². The number of hydrogen-bond donors (Lipinski definition) is 0. The minimum atomic E-state index is -0.0275. The molecule has 0 N–H and O–H groups in total. The van der Waals surface area contributed by atoms with Gasteiger partial charge in [-0.25, -0.2) is 0 Å². The van der Waals surface area contributed by atoms with Crippen LogP contribution in [0.1, 0.15) is 0 Å². The van der Waals surface area contributed by atoms with Crippen molar-refractivity contribution in [1.82, 2.24) is 4.90 Å². The van der Waals surface area contributed by atoms with Crippen molar-refractivity contribution in [3.8, 4) is 16.9 Å². The van der Waals surface area contributed by atoms with E-state index >= 15 is 0 Å². The Morgan fingerprint density at radius 1 is 0.844 bits per heavy atom. The quantitative estimate of drug-likeness (QED) is 0.449. The van der Waals surface area contributed by atoms with Crippen molar-refractivity contribution >= 4 is 16.7 Å². The predicted molar refractivity (Wildman–Crippen MR) is 129 cm³/mol. The van der Waals surface area contributed by atoms with Crippen molar-refractivity contribution in [2.45, 2.75) is 0 Å². The van der Waals surface area contributed by atoms with E-state index in [1.807, 2.05) is 36.4 Å². The molecule has 0 unspecified atom stereocenters. The Morgan fingerprint density at radius 3 is 2.31 bits per heavy atom. The summed E-state index contributed by atoms with van der Waals surface area (Å²) in [5.41, 5.74) is 3.23. The molecule has 5 rings (SSSR count). The average Bonchev–Trinajstić information content (AvgIpc) is 2.86. The van der Waals surface area contributed by atoms with Gasteiger partial charge >= 0.3 is 0 Å². The number of fused-ring (bicyclic) bond motifs is 1. The van der Waals surface area contributed by atoms with Gasteiger partial charge in [0, 0.05) is 44.5 Å². The molecule has 5 nitrogen and oxygen atoms in total. The molecular formula is C27H26N2O3. The van der Waals surface area contributed by atoms with E-state index in [0.717, 1.165) is 44.0 Å². The molecule has 162 valence electrons. The first-order valence-corrected chi connectivity index (χ1v) is 11.0. The second kappa shape index (κ2) is 9.28. The van der Waals surface area contributed by atoms with Crippen molar-refractivity contribution in [2.24, 2.45) is 0 Å². The van der Waals surface area contributed by atoms with Crippen LogP contribution in [0.15, 0.2) is 94.3 Å². The van der Waals surface area contributed by atoms with Gasteiger partial charge in [0.05, 0.1) is 10.9 Å². The fraction of sp³-hybridized carbons (Fsp3) is 0.222. The third-order valence-corrected chi connectivity index (χ3v) is 6.00. The first-order valence-electron chi connectivity index (χ1n) is 11.0. The summed E-state index contributed by atoms with van der Waals surface area (Å²) in [4.78, 5) is 17.7. The lowest BCUT2D eigenvalue weighted by atomic mass is 10.1. The van der Waals surface area contributed by atoms with Crippen LogP contribution in [0.4, 0.5) is 5.69 Å². The molecule has 1 aromatic heterocycles. The van der Waals surface area contributed by atoms with E-state index in [1.165, 1.54) is 12.0 Å². The summed E-state index contributed by atoms with van der Waals surface area (Å²) in [5.74, 6) is 0.719. The summed E-state index contributed by atoms with van der Waals surface area (Å²) in [6.07, 6.45) is 1.54. The van der Waals surface area contributed by atoms with Crippen LogP contribution in [0, 0.1) is 0 Å².